The summed E-state index contributed by atoms with van der Waals surface area (Å²) >= 11 is 1.40. The summed E-state index contributed by atoms with van der Waals surface area (Å²) in [6.45, 7) is 4.13. The molecule has 1 aromatic heterocycles. The fourth-order valence-electron chi connectivity index (χ4n) is 4.62. The first kappa shape index (κ1) is 38.1. The van der Waals surface area contributed by atoms with E-state index in [1.807, 2.05) is 0 Å². The molecule has 3 aromatic rings. The molecule has 1 unspecified atom stereocenters. The highest BCUT2D eigenvalue weighted by Gasteiger charge is 2.35. The molecule has 14 heteroatoms. The van der Waals surface area contributed by atoms with Crippen LogP contribution in [0.15, 0.2) is 42.5 Å². The molecule has 0 saturated heterocycles. The smallest absolute Gasteiger partial charge is 0.368 e. The number of fused-ring (bicyclic) bond motifs is 3. The van der Waals surface area contributed by atoms with Crippen molar-refractivity contribution in [2.45, 2.75) is 64.6 Å². The Balaban J connectivity index is 0.000000326. The molecule has 0 saturated carbocycles. The zero-order valence-corrected chi connectivity index (χ0v) is 26.9. The number of thioether (sulfide) groups is 1. The number of aryl methyl sites for hydroxylation is 1. The van der Waals surface area contributed by atoms with Gasteiger partial charge in [-0.3, -0.25) is 19.2 Å². The molecule has 4 amide bonds. The van der Waals surface area contributed by atoms with Crippen molar-refractivity contribution in [3.05, 3.63) is 70.7 Å². The Hall–Kier alpha value is -4.07. The number of amides is 4. The first-order chi connectivity index (χ1) is 21.7. The average molecular weight is 668 g/mol. The van der Waals surface area contributed by atoms with Gasteiger partial charge in [0.15, 0.2) is 0 Å². The number of carbonyl (C=O) groups is 4. The van der Waals surface area contributed by atoms with E-state index in [-0.39, 0.29) is 24.4 Å². The van der Waals surface area contributed by atoms with Crippen molar-refractivity contribution >= 4 is 46.3 Å². The van der Waals surface area contributed by atoms with Gasteiger partial charge in [-0.15, -0.1) is 0 Å². The summed E-state index contributed by atoms with van der Waals surface area (Å²) in [7, 11) is 0. The van der Waals surface area contributed by atoms with Crippen molar-refractivity contribution in [3.63, 3.8) is 0 Å². The second-order valence-electron chi connectivity index (χ2n) is 10.7. The van der Waals surface area contributed by atoms with Crippen LogP contribution >= 0.6 is 11.8 Å². The number of para-hydroxylation sites is 1. The molecule has 0 aliphatic heterocycles. The zero-order valence-electron chi connectivity index (χ0n) is 26.1. The number of H-pyrrole nitrogens is 1. The number of nitrogens with one attached hydrogen (secondary N) is 3. The minimum absolute atomic E-state index is 0.0634. The number of halogens is 4. The van der Waals surface area contributed by atoms with Crippen LogP contribution in [0.2, 0.25) is 0 Å². The van der Waals surface area contributed by atoms with Gasteiger partial charge >= 0.3 is 6.18 Å². The molecule has 252 valence electrons. The summed E-state index contributed by atoms with van der Waals surface area (Å²) in [5.41, 5.74) is 11.3. The lowest BCUT2D eigenvalue weighted by Crippen LogP contribution is -2.48. The van der Waals surface area contributed by atoms with E-state index in [1.165, 1.54) is 42.8 Å². The predicted octanol–water partition coefficient (Wildman–Crippen LogP) is 4.40. The van der Waals surface area contributed by atoms with Gasteiger partial charge in [0.2, 0.25) is 23.6 Å². The van der Waals surface area contributed by atoms with Crippen molar-refractivity contribution in [1.29, 1.82) is 0 Å². The Kier molecular flexibility index (Phi) is 15.1. The predicted molar refractivity (Wildman–Crippen MR) is 171 cm³/mol. The van der Waals surface area contributed by atoms with E-state index < -0.39 is 47.2 Å². The van der Waals surface area contributed by atoms with Gasteiger partial charge < -0.3 is 27.1 Å². The molecule has 0 spiro atoms. The third-order valence-corrected chi connectivity index (χ3v) is 7.83. The minimum atomic E-state index is -4.45. The standard InChI is InChI=1S/C18H20F3N3O2S.C10H11FN2O2.C4H10/c1-27-8-14(16(22)25)24-17(26)9-5-6-13-11(7-9)10-3-2-4-12(15(10)23-13)18(19,20)21;11-8-4-2-1-3-7(8)5-10(15)13-6-9(12)14;1-3-4-2/h2-4,9,14,23H,5-8H2,1H3,(H2,22,25)(H,24,26);1-4H,5-6H2,(H2,12,14)(H,13,15);3-4H2,1-2H3/t9?,14-;;/m0../s1. The number of aromatic nitrogens is 1. The Bertz CT molecular complexity index is 1490. The third kappa shape index (κ3) is 11.4. The quantitative estimate of drug-likeness (QED) is 0.202. The average Bonchev–Trinajstić information content (AvgIpc) is 3.39. The number of hydrogen-bond acceptors (Lipinski definition) is 5. The normalized spacial score (nSPS) is 14.5. The molecule has 2 aromatic carbocycles. The number of nitrogens with two attached hydrogens (primary N) is 2. The second-order valence-corrected chi connectivity index (χ2v) is 11.6. The summed E-state index contributed by atoms with van der Waals surface area (Å²) in [4.78, 5) is 48.5. The highest BCUT2D eigenvalue weighted by Crippen LogP contribution is 2.39. The van der Waals surface area contributed by atoms with Gasteiger partial charge in [0.05, 0.1) is 24.0 Å². The topological polar surface area (TPSA) is 160 Å². The molecule has 0 radical (unpaired) electrons. The Morgan fingerprint density at radius 3 is 2.28 bits per heavy atom. The van der Waals surface area contributed by atoms with Crippen molar-refractivity contribution in [1.82, 2.24) is 15.6 Å². The maximum absolute atomic E-state index is 13.2. The molecule has 0 bridgehead atoms. The number of primary amides is 2. The first-order valence-corrected chi connectivity index (χ1v) is 16.2. The molecule has 46 heavy (non-hydrogen) atoms. The highest BCUT2D eigenvalue weighted by atomic mass is 32.2. The van der Waals surface area contributed by atoms with Gasteiger partial charge in [0, 0.05) is 22.8 Å². The van der Waals surface area contributed by atoms with Crippen LogP contribution in [-0.2, 0) is 44.6 Å². The zero-order chi connectivity index (χ0) is 34.4. The largest absolute Gasteiger partial charge is 0.418 e. The summed E-state index contributed by atoms with van der Waals surface area (Å²) in [5, 5.41) is 5.44. The summed E-state index contributed by atoms with van der Waals surface area (Å²) in [6.07, 6.45) is 1.20. The van der Waals surface area contributed by atoms with Crippen LogP contribution < -0.4 is 22.1 Å². The number of unbranched alkanes of at least 4 members (excludes halogenated alkanes) is 1. The van der Waals surface area contributed by atoms with Crippen LogP contribution in [0.5, 0.6) is 0 Å². The second kappa shape index (κ2) is 18.2. The van der Waals surface area contributed by atoms with E-state index in [0.717, 1.165) is 17.3 Å². The molecule has 1 aliphatic rings. The van der Waals surface area contributed by atoms with Gasteiger partial charge in [-0.05, 0) is 48.8 Å². The number of benzene rings is 2. The first-order valence-electron chi connectivity index (χ1n) is 14.8. The van der Waals surface area contributed by atoms with Crippen LogP contribution in [0.1, 0.15) is 55.5 Å². The number of alkyl halides is 3. The molecule has 0 fully saturated rings. The van der Waals surface area contributed by atoms with Crippen molar-refractivity contribution in [2.24, 2.45) is 17.4 Å². The molecule has 2 atom stereocenters. The number of hydrogen-bond donors (Lipinski definition) is 5. The summed E-state index contributed by atoms with van der Waals surface area (Å²) in [5.74, 6) is -2.42. The lowest BCUT2D eigenvalue weighted by atomic mass is 9.85. The lowest BCUT2D eigenvalue weighted by molar-refractivity contribution is -0.136. The van der Waals surface area contributed by atoms with Gasteiger partial charge in [0.1, 0.15) is 11.9 Å². The molecule has 1 aliphatic carbocycles. The maximum Gasteiger partial charge on any atom is 0.418 e. The number of rotatable bonds is 10. The van der Waals surface area contributed by atoms with E-state index in [4.69, 9.17) is 11.5 Å². The Morgan fingerprint density at radius 1 is 1.04 bits per heavy atom. The fourth-order valence-corrected chi connectivity index (χ4v) is 5.20. The van der Waals surface area contributed by atoms with E-state index >= 15 is 0 Å². The van der Waals surface area contributed by atoms with E-state index in [0.29, 0.717) is 36.0 Å². The van der Waals surface area contributed by atoms with Gasteiger partial charge in [-0.2, -0.15) is 24.9 Å². The molecular weight excluding hydrogens is 626 g/mol. The SMILES string of the molecule is CCCC.CSC[C@H](NC(=O)C1CCc2[nH]c3c(C(F)(F)F)cccc3c2C1)C(N)=O.NC(=O)CNC(=O)Cc1ccccc1F. The van der Waals surface area contributed by atoms with Crippen LogP contribution in [0.4, 0.5) is 17.6 Å². The molecule has 7 N–H and O–H groups in total. The van der Waals surface area contributed by atoms with Crippen LogP contribution in [-0.4, -0.2) is 53.2 Å². The molecule has 4 rings (SSSR count). The van der Waals surface area contributed by atoms with Crippen LogP contribution in [0.25, 0.3) is 10.9 Å². The number of aromatic amines is 1. The van der Waals surface area contributed by atoms with E-state index in [9.17, 15) is 36.7 Å². The summed E-state index contributed by atoms with van der Waals surface area (Å²) < 4.78 is 52.8. The van der Waals surface area contributed by atoms with Crippen molar-refractivity contribution in [2.75, 3.05) is 18.6 Å². The van der Waals surface area contributed by atoms with Gasteiger partial charge in [-0.1, -0.05) is 57.0 Å². The minimum Gasteiger partial charge on any atom is -0.368 e. The Labute approximate surface area is 269 Å². The monoisotopic (exact) mass is 667 g/mol. The van der Waals surface area contributed by atoms with Crippen molar-refractivity contribution in [3.8, 4) is 0 Å². The van der Waals surface area contributed by atoms with E-state index in [2.05, 4.69) is 29.5 Å². The fraction of sp³-hybridized carbons (Fsp3) is 0.438. The van der Waals surface area contributed by atoms with Crippen molar-refractivity contribution < 1.29 is 36.7 Å². The Morgan fingerprint density at radius 2 is 1.72 bits per heavy atom. The molecule has 1 heterocycles. The van der Waals surface area contributed by atoms with Crippen LogP contribution in [0.3, 0.4) is 0 Å². The lowest BCUT2D eigenvalue weighted by Gasteiger charge is -2.24. The van der Waals surface area contributed by atoms with Gasteiger partial charge in [-0.25, -0.2) is 4.39 Å². The van der Waals surface area contributed by atoms with Crippen LogP contribution in [0, 0.1) is 11.7 Å². The van der Waals surface area contributed by atoms with E-state index in [1.54, 1.807) is 24.5 Å². The number of carbonyl (C=O) groups excluding carboxylic acids is 4. The highest BCUT2D eigenvalue weighted by molar-refractivity contribution is 7.98. The third-order valence-electron chi connectivity index (χ3n) is 7.16. The summed E-state index contributed by atoms with van der Waals surface area (Å²) in [6, 6.07) is 9.28. The maximum atomic E-state index is 13.2. The molecular formula is C32H41F4N5O4S. The van der Waals surface area contributed by atoms with Gasteiger partial charge in [0.25, 0.3) is 0 Å². The molecule has 9 nitrogen and oxygen atoms in total.